The van der Waals surface area contributed by atoms with E-state index in [-0.39, 0.29) is 0 Å². The number of piperidine rings is 1. The van der Waals surface area contributed by atoms with Crippen LogP contribution >= 0.6 is 11.8 Å². The Balaban J connectivity index is 1.82. The van der Waals surface area contributed by atoms with Crippen LogP contribution in [0.15, 0.2) is 23.1 Å². The summed E-state index contributed by atoms with van der Waals surface area (Å²) in [7, 11) is 0. The van der Waals surface area contributed by atoms with Gasteiger partial charge in [-0.2, -0.15) is 0 Å². The number of nitrogens with one attached hydrogen (secondary N) is 1. The van der Waals surface area contributed by atoms with Crippen LogP contribution in [0.4, 0.5) is 5.69 Å². The Labute approximate surface area is 120 Å². The molecular formula is C15H24N2OS. The van der Waals surface area contributed by atoms with Gasteiger partial charge in [-0.3, -0.25) is 0 Å². The van der Waals surface area contributed by atoms with Crippen molar-refractivity contribution in [3.8, 4) is 5.75 Å². The molecule has 1 heterocycles. The minimum Gasteiger partial charge on any atom is -0.494 e. The van der Waals surface area contributed by atoms with E-state index in [1.165, 1.54) is 32.2 Å². The lowest BCUT2D eigenvalue weighted by Gasteiger charge is -2.23. The first-order valence-electron chi connectivity index (χ1n) is 7.18. The van der Waals surface area contributed by atoms with Crippen molar-refractivity contribution < 1.29 is 4.74 Å². The Morgan fingerprint density at radius 1 is 1.42 bits per heavy atom. The molecule has 0 aliphatic carbocycles. The van der Waals surface area contributed by atoms with Crippen molar-refractivity contribution in [2.24, 2.45) is 0 Å². The van der Waals surface area contributed by atoms with E-state index >= 15 is 0 Å². The predicted molar refractivity (Wildman–Crippen MR) is 83.0 cm³/mol. The van der Waals surface area contributed by atoms with Crippen LogP contribution in [0, 0.1) is 0 Å². The molecule has 1 aliphatic heterocycles. The van der Waals surface area contributed by atoms with Gasteiger partial charge in [0, 0.05) is 16.6 Å². The van der Waals surface area contributed by atoms with E-state index in [1.54, 1.807) is 0 Å². The van der Waals surface area contributed by atoms with Crippen molar-refractivity contribution >= 4 is 17.4 Å². The first-order chi connectivity index (χ1) is 9.29. The van der Waals surface area contributed by atoms with E-state index in [0.29, 0.717) is 12.6 Å². The van der Waals surface area contributed by atoms with Crippen molar-refractivity contribution in [1.82, 2.24) is 5.32 Å². The fourth-order valence-corrected chi connectivity index (χ4v) is 3.43. The molecule has 19 heavy (non-hydrogen) atoms. The molecule has 3 N–H and O–H groups in total. The second-order valence-corrected chi connectivity index (χ2v) is 6.05. The fraction of sp³-hybridized carbons (Fsp3) is 0.600. The molecule has 1 unspecified atom stereocenters. The topological polar surface area (TPSA) is 47.3 Å². The van der Waals surface area contributed by atoms with Gasteiger partial charge < -0.3 is 15.8 Å². The number of nitrogens with two attached hydrogens (primary N) is 1. The number of benzene rings is 1. The Hall–Kier alpha value is -0.870. The first kappa shape index (κ1) is 14.5. The molecule has 3 nitrogen and oxygen atoms in total. The third-order valence-corrected chi connectivity index (χ3v) is 4.54. The number of hydrogen-bond acceptors (Lipinski definition) is 4. The highest BCUT2D eigenvalue weighted by Crippen LogP contribution is 2.30. The molecule has 0 saturated carbocycles. The highest BCUT2D eigenvalue weighted by Gasteiger charge is 2.12. The molecule has 1 aromatic rings. The van der Waals surface area contributed by atoms with Crippen LogP contribution in [0.2, 0.25) is 0 Å². The molecule has 106 valence electrons. The first-order valence-corrected chi connectivity index (χ1v) is 8.16. The highest BCUT2D eigenvalue weighted by atomic mass is 32.2. The zero-order valence-corrected chi connectivity index (χ0v) is 12.5. The quantitative estimate of drug-likeness (QED) is 0.620. The van der Waals surface area contributed by atoms with Gasteiger partial charge in [-0.1, -0.05) is 6.42 Å². The van der Waals surface area contributed by atoms with Gasteiger partial charge in [-0.15, -0.1) is 11.8 Å². The van der Waals surface area contributed by atoms with Gasteiger partial charge in [-0.25, -0.2) is 0 Å². The van der Waals surface area contributed by atoms with Crippen LogP contribution < -0.4 is 15.8 Å². The van der Waals surface area contributed by atoms with Crippen LogP contribution in [0.3, 0.4) is 0 Å². The maximum atomic E-state index is 6.01. The van der Waals surface area contributed by atoms with Crippen molar-refractivity contribution in [3.05, 3.63) is 18.2 Å². The fourth-order valence-electron chi connectivity index (χ4n) is 2.38. The number of anilines is 1. The third kappa shape index (κ3) is 4.62. The second kappa shape index (κ2) is 7.65. The molecule has 0 radical (unpaired) electrons. The number of ether oxygens (including phenoxy) is 1. The number of rotatable bonds is 6. The predicted octanol–water partition coefficient (Wildman–Crippen LogP) is 3.29. The van der Waals surface area contributed by atoms with Crippen LogP contribution in [0.5, 0.6) is 5.75 Å². The molecule has 1 aromatic carbocycles. The lowest BCUT2D eigenvalue weighted by molar-refractivity contribution is 0.339. The summed E-state index contributed by atoms with van der Waals surface area (Å²) < 4.78 is 5.52. The summed E-state index contributed by atoms with van der Waals surface area (Å²) in [5, 5.41) is 3.58. The molecule has 1 aliphatic rings. The van der Waals surface area contributed by atoms with Crippen molar-refractivity contribution in [2.75, 3.05) is 24.6 Å². The summed E-state index contributed by atoms with van der Waals surface area (Å²) in [4.78, 5) is 1.14. The third-order valence-electron chi connectivity index (χ3n) is 3.43. The average molecular weight is 280 g/mol. The monoisotopic (exact) mass is 280 g/mol. The molecule has 0 aromatic heterocycles. The number of hydrogen-bond donors (Lipinski definition) is 2. The molecule has 1 saturated heterocycles. The van der Waals surface area contributed by atoms with Gasteiger partial charge in [0.1, 0.15) is 5.75 Å². The Morgan fingerprint density at radius 2 is 2.32 bits per heavy atom. The van der Waals surface area contributed by atoms with Crippen molar-refractivity contribution in [3.63, 3.8) is 0 Å². The molecule has 0 spiro atoms. The van der Waals surface area contributed by atoms with Crippen LogP contribution in [-0.2, 0) is 0 Å². The summed E-state index contributed by atoms with van der Waals surface area (Å²) in [5.74, 6) is 2.02. The lowest BCUT2D eigenvalue weighted by atomic mass is 10.0. The summed E-state index contributed by atoms with van der Waals surface area (Å²) in [5.41, 5.74) is 6.86. The molecule has 1 atom stereocenters. The van der Waals surface area contributed by atoms with Crippen LogP contribution in [-0.4, -0.2) is 24.9 Å². The van der Waals surface area contributed by atoms with Crippen LogP contribution in [0.1, 0.15) is 32.6 Å². The smallest absolute Gasteiger partial charge is 0.120 e. The summed E-state index contributed by atoms with van der Waals surface area (Å²) in [6.07, 6.45) is 5.22. The van der Waals surface area contributed by atoms with Gasteiger partial charge in [0.2, 0.25) is 0 Å². The molecule has 4 heteroatoms. The zero-order valence-electron chi connectivity index (χ0n) is 11.7. The van der Waals surface area contributed by atoms with E-state index < -0.39 is 0 Å². The number of thioether (sulfide) groups is 1. The standard InChI is InChI=1S/C15H24N2OS/c1-2-18-13-6-7-14(16)15(11-13)19-10-8-12-5-3-4-9-17-12/h6-7,11-12,17H,2-5,8-10,16H2,1H3. The molecule has 2 rings (SSSR count). The van der Waals surface area contributed by atoms with E-state index in [4.69, 9.17) is 10.5 Å². The highest BCUT2D eigenvalue weighted by molar-refractivity contribution is 7.99. The maximum absolute atomic E-state index is 6.01. The van der Waals surface area contributed by atoms with Gasteiger partial charge in [0.05, 0.1) is 6.61 Å². The molecule has 0 amide bonds. The minimum atomic E-state index is 0.692. The molecule has 1 fully saturated rings. The van der Waals surface area contributed by atoms with Gasteiger partial charge in [0.15, 0.2) is 0 Å². The van der Waals surface area contributed by atoms with E-state index in [1.807, 2.05) is 30.8 Å². The number of nitrogen functional groups attached to an aromatic ring is 1. The second-order valence-electron chi connectivity index (χ2n) is 4.92. The zero-order chi connectivity index (χ0) is 13.5. The lowest BCUT2D eigenvalue weighted by Crippen LogP contribution is -2.34. The summed E-state index contributed by atoms with van der Waals surface area (Å²) >= 11 is 1.84. The molecule has 0 bridgehead atoms. The summed E-state index contributed by atoms with van der Waals surface area (Å²) in [6, 6.07) is 6.62. The van der Waals surface area contributed by atoms with Crippen LogP contribution in [0.25, 0.3) is 0 Å². The van der Waals surface area contributed by atoms with Crippen molar-refractivity contribution in [2.45, 2.75) is 43.5 Å². The normalized spacial score (nSPS) is 19.3. The molecular weight excluding hydrogens is 256 g/mol. The maximum Gasteiger partial charge on any atom is 0.120 e. The minimum absolute atomic E-state index is 0.692. The summed E-state index contributed by atoms with van der Waals surface area (Å²) in [6.45, 7) is 3.87. The van der Waals surface area contributed by atoms with Gasteiger partial charge >= 0.3 is 0 Å². The Kier molecular flexibility index (Phi) is 5.86. The van der Waals surface area contributed by atoms with Gasteiger partial charge in [-0.05, 0) is 56.7 Å². The van der Waals surface area contributed by atoms with Gasteiger partial charge in [0.25, 0.3) is 0 Å². The Morgan fingerprint density at radius 3 is 3.05 bits per heavy atom. The van der Waals surface area contributed by atoms with E-state index in [0.717, 1.165) is 22.1 Å². The van der Waals surface area contributed by atoms with E-state index in [9.17, 15) is 0 Å². The largest absolute Gasteiger partial charge is 0.494 e. The Bertz CT molecular complexity index is 392. The SMILES string of the molecule is CCOc1ccc(N)c(SCCC2CCCCN2)c1. The average Bonchev–Trinajstić information content (AvgIpc) is 2.44. The van der Waals surface area contributed by atoms with E-state index in [2.05, 4.69) is 11.4 Å². The van der Waals surface area contributed by atoms with Crippen molar-refractivity contribution in [1.29, 1.82) is 0 Å².